The second kappa shape index (κ2) is 37.2. The molecular formula is C112H198. The SMILES string of the molecule is CC12CC3CC(CC(C3)C1)C2.CC1C2CCC(C2)[C@H]1C.CC1C2CCC(CC2)[C@H]1C.CC1CCC2(CCCCC2)CC1.CCC12CC3CC(CC(C3)C1)C2.CCC1CC2CCC1C2.C[C@@H]1C2CCC(C2)C1(C)C.C[C@@H]1C2CCC(CC2)C1(C)C.C[C@H]1CC2CCC1(C)C2.C[C@H]1CC2CCC1(C)CC2.C[C@H]1CC2CCC1CC2. The van der Waals surface area contributed by atoms with Gasteiger partial charge in [-0.05, 0) is 510 Å². The average Bonchev–Trinajstić information content (AvgIpc) is 0.862. The Hall–Kier alpha value is 0. The maximum Gasteiger partial charge on any atom is -0.0292 e. The molecule has 0 radical (unpaired) electrons. The van der Waals surface area contributed by atoms with Crippen LogP contribution in [0, 0.1) is 221 Å². The van der Waals surface area contributed by atoms with Crippen LogP contribution in [0.3, 0.4) is 0 Å². The highest BCUT2D eigenvalue weighted by atomic mass is 14.6. The van der Waals surface area contributed by atoms with Crippen molar-refractivity contribution in [3.05, 3.63) is 0 Å². The van der Waals surface area contributed by atoms with Crippen LogP contribution in [-0.4, -0.2) is 0 Å². The van der Waals surface area contributed by atoms with Crippen molar-refractivity contribution in [2.75, 3.05) is 0 Å². The maximum atomic E-state index is 2.54. The van der Waals surface area contributed by atoms with Crippen LogP contribution in [0.2, 0.25) is 0 Å². The quantitative estimate of drug-likeness (QED) is 0.259. The highest BCUT2D eigenvalue weighted by molar-refractivity contribution is 5.05. The Kier molecular flexibility index (Phi) is 29.3. The molecule has 18 atom stereocenters. The van der Waals surface area contributed by atoms with Crippen molar-refractivity contribution >= 4 is 0 Å². The van der Waals surface area contributed by atoms with Crippen molar-refractivity contribution in [1.82, 2.24) is 0 Å². The van der Waals surface area contributed by atoms with Crippen molar-refractivity contribution in [3.8, 4) is 0 Å². The lowest BCUT2D eigenvalue weighted by Gasteiger charge is -2.56. The Morgan fingerprint density at radius 3 is 0.964 bits per heavy atom. The fourth-order valence-corrected chi connectivity index (χ4v) is 36.1. The van der Waals surface area contributed by atoms with Gasteiger partial charge in [-0.15, -0.1) is 0 Å². The van der Waals surface area contributed by atoms with E-state index < -0.39 is 0 Å². The van der Waals surface area contributed by atoms with Crippen LogP contribution >= 0.6 is 0 Å². The van der Waals surface area contributed by atoms with Gasteiger partial charge >= 0.3 is 0 Å². The molecule has 30 rings (SSSR count). The molecule has 30 fully saturated rings. The van der Waals surface area contributed by atoms with Crippen LogP contribution in [0.25, 0.3) is 0 Å². The van der Waals surface area contributed by atoms with Gasteiger partial charge in [-0.2, -0.15) is 0 Å². The largest absolute Gasteiger partial charge is 0.0651 e. The molecule has 0 nitrogen and oxygen atoms in total. The molecule has 0 N–H and O–H groups in total. The highest BCUT2D eigenvalue weighted by Crippen LogP contribution is 2.65. The second-order valence-electron chi connectivity index (χ2n) is 52.3. The van der Waals surface area contributed by atoms with E-state index >= 15 is 0 Å². The molecule has 0 saturated heterocycles. The summed E-state index contributed by atoms with van der Waals surface area (Å²) in [5.41, 5.74) is 5.32. The lowest BCUT2D eigenvalue weighted by Crippen LogP contribution is -2.45. The zero-order valence-electron chi connectivity index (χ0n) is 79.3. The fraction of sp³-hybridized carbons (Fsp3) is 1.00. The van der Waals surface area contributed by atoms with Crippen molar-refractivity contribution < 1.29 is 0 Å². The summed E-state index contributed by atoms with van der Waals surface area (Å²) >= 11 is 0. The summed E-state index contributed by atoms with van der Waals surface area (Å²) in [4.78, 5) is 0. The van der Waals surface area contributed by atoms with Crippen molar-refractivity contribution in [2.24, 2.45) is 221 Å². The zero-order chi connectivity index (χ0) is 79.3. The minimum absolute atomic E-state index is 0.654. The van der Waals surface area contributed by atoms with E-state index in [1.165, 1.54) is 186 Å². The third kappa shape index (κ3) is 20.4. The first-order valence-corrected chi connectivity index (χ1v) is 53.3. The van der Waals surface area contributed by atoms with Gasteiger partial charge in [0.1, 0.15) is 0 Å². The van der Waals surface area contributed by atoms with Crippen molar-refractivity contribution in [2.45, 2.75) is 485 Å². The molecule has 0 aromatic carbocycles. The van der Waals surface area contributed by atoms with Crippen molar-refractivity contribution in [1.29, 1.82) is 0 Å². The average molecular weight is 1540 g/mol. The van der Waals surface area contributed by atoms with E-state index in [-0.39, 0.29) is 0 Å². The summed E-state index contributed by atoms with van der Waals surface area (Å²) < 4.78 is 0. The van der Waals surface area contributed by atoms with E-state index in [4.69, 9.17) is 0 Å². The molecule has 0 amide bonds. The van der Waals surface area contributed by atoms with E-state index in [0.29, 0.717) is 10.8 Å². The molecule has 30 aliphatic rings. The molecular weight excluding hydrogens is 1350 g/mol. The first-order valence-electron chi connectivity index (χ1n) is 53.3. The molecule has 646 valence electrons. The van der Waals surface area contributed by atoms with Gasteiger partial charge < -0.3 is 0 Å². The van der Waals surface area contributed by atoms with Gasteiger partial charge in [0, 0.05) is 0 Å². The number of fused-ring (bicyclic) bond motifs is 20. The van der Waals surface area contributed by atoms with E-state index in [1.54, 1.807) is 167 Å². The molecule has 0 heterocycles. The van der Waals surface area contributed by atoms with Crippen LogP contribution in [0.5, 0.6) is 0 Å². The predicted molar refractivity (Wildman–Crippen MR) is 487 cm³/mol. The number of hydrogen-bond acceptors (Lipinski definition) is 0. The van der Waals surface area contributed by atoms with E-state index in [2.05, 4.69) is 132 Å². The molecule has 112 heavy (non-hydrogen) atoms. The summed E-state index contributed by atoms with van der Waals surface area (Å²) in [6.45, 7) is 46.6. The summed E-state index contributed by atoms with van der Waals surface area (Å²) in [5.74, 6) is 33.7. The third-order valence-corrected chi connectivity index (χ3v) is 45.3. The molecule has 0 aliphatic heterocycles. The lowest BCUT2D eigenvalue weighted by atomic mass is 9.49. The van der Waals surface area contributed by atoms with Crippen LogP contribution < -0.4 is 0 Å². The Morgan fingerprint density at radius 2 is 0.670 bits per heavy atom. The van der Waals surface area contributed by atoms with Crippen LogP contribution in [-0.2, 0) is 0 Å². The number of rotatable bonds is 2. The van der Waals surface area contributed by atoms with Gasteiger partial charge in [0.05, 0.1) is 0 Å². The van der Waals surface area contributed by atoms with Gasteiger partial charge in [0.2, 0.25) is 0 Å². The predicted octanol–water partition coefficient (Wildman–Crippen LogP) is 35.0. The summed E-state index contributed by atoms with van der Waals surface area (Å²) in [6.07, 6.45) is 84.9. The van der Waals surface area contributed by atoms with Gasteiger partial charge in [-0.1, -0.05) is 196 Å². The smallest absolute Gasteiger partial charge is 0.0292 e. The third-order valence-electron chi connectivity index (χ3n) is 45.3. The summed E-state index contributed by atoms with van der Waals surface area (Å²) in [7, 11) is 0. The Labute approximate surface area is 701 Å². The van der Waals surface area contributed by atoms with Crippen LogP contribution in [0.1, 0.15) is 485 Å². The van der Waals surface area contributed by atoms with Crippen molar-refractivity contribution in [3.63, 3.8) is 0 Å². The van der Waals surface area contributed by atoms with Gasteiger partial charge in [0.15, 0.2) is 0 Å². The molecule has 24 bridgehead atoms. The van der Waals surface area contributed by atoms with Crippen LogP contribution in [0.15, 0.2) is 0 Å². The van der Waals surface area contributed by atoms with Gasteiger partial charge in [0.25, 0.3) is 0 Å². The summed E-state index contributed by atoms with van der Waals surface area (Å²) in [6, 6.07) is 0. The van der Waals surface area contributed by atoms with E-state index in [0.717, 1.165) is 211 Å². The first kappa shape index (κ1) is 88.3. The maximum absolute atomic E-state index is 2.54. The Morgan fingerprint density at radius 1 is 0.259 bits per heavy atom. The lowest BCUT2D eigenvalue weighted by molar-refractivity contribution is -0.0545. The molecule has 30 saturated carbocycles. The standard InChI is InChI=1S/C12H20.C12H22.C11H18.C11H20.3C10H18.4C9H16/c1-2-12-6-9-3-10(7-12)5-11(4-9)8-12;1-11-5-9-12(10-6-11)7-3-2-4-8-12;1-11-5-8-2-9(6-11)4-10(3-8)7-11;1-8-9-4-6-10(7-5-9)11(8,2)3;1-7-8-4-5-9(6-8)10(7,2)3;1-8-7-9-3-5-10(8,2)6-4-9;1-7-8(2)10-5-3-9(7)4-6-10;1-7-5-8-3-4-9(7,2)6-8;1-6-7(2)9-4-3-8(6)5-9;1-7-6-8-2-4-9(7)5-3-8;1-2-8-5-7-3-4-9(8)6-7/h9-11H,2-8H2,1H3;11H,2-10H2,1H3;8-10H,2-7H2,1H3;8-10H,4-7H2,1-3H3;7-9H,4-6H2,1-3H3;8-9H,3-7H2,1-2H3;7-10H,3-6H2,1-2H3;7-8H,3-6H2,1-2H3;6-9H,3-5H2,1-2H3;2*7-9H,2-6H2,1H3/t;;;8-,9?,10?;7-,8?,9?;8-,9?,10?;7-,8?,9?,10?;7-,8?,9?;6-,7?,8?,9?;7-,8?,9?;/m...1100000./s1. The molecule has 1 spiro atoms. The molecule has 30 aliphatic carbocycles. The van der Waals surface area contributed by atoms with Gasteiger partial charge in [-0.3, -0.25) is 0 Å². The number of hydrogen-bond donors (Lipinski definition) is 0. The second-order valence-corrected chi connectivity index (χ2v) is 52.3. The van der Waals surface area contributed by atoms with E-state index in [9.17, 15) is 0 Å². The van der Waals surface area contributed by atoms with Crippen LogP contribution in [0.4, 0.5) is 0 Å². The topological polar surface area (TPSA) is 0 Å². The molecule has 0 heteroatoms. The fourth-order valence-electron chi connectivity index (χ4n) is 36.1. The Balaban J connectivity index is 0.000000102. The summed E-state index contributed by atoms with van der Waals surface area (Å²) in [5, 5.41) is 0. The zero-order valence-corrected chi connectivity index (χ0v) is 79.3. The van der Waals surface area contributed by atoms with E-state index in [1.807, 2.05) is 0 Å². The highest BCUT2D eigenvalue weighted by Gasteiger charge is 2.54. The molecule has 0 aromatic heterocycles. The minimum atomic E-state index is 0.654. The monoisotopic (exact) mass is 1540 g/mol. The normalized spacial score (nSPS) is 50.9. The Bertz CT molecular complexity index is 2680. The van der Waals surface area contributed by atoms with Gasteiger partial charge in [-0.25, -0.2) is 0 Å². The minimum Gasteiger partial charge on any atom is -0.0651 e. The molecule has 0 aromatic rings. The molecule has 11 unspecified atom stereocenters. The first-order chi connectivity index (χ1) is 53.3.